The van der Waals surface area contributed by atoms with Crippen LogP contribution in [0.3, 0.4) is 0 Å². The number of amides is 2. The van der Waals surface area contributed by atoms with Gasteiger partial charge in [-0.2, -0.15) is 0 Å². The van der Waals surface area contributed by atoms with Crippen LogP contribution in [-0.2, 0) is 4.79 Å². The van der Waals surface area contributed by atoms with E-state index in [1.807, 2.05) is 0 Å². The van der Waals surface area contributed by atoms with E-state index < -0.39 is 0 Å². The van der Waals surface area contributed by atoms with Crippen molar-refractivity contribution in [1.82, 2.24) is 10.6 Å². The van der Waals surface area contributed by atoms with Crippen LogP contribution in [0.25, 0.3) is 0 Å². The topological polar surface area (TPSA) is 84.2 Å². The van der Waals surface area contributed by atoms with Gasteiger partial charge in [0.25, 0.3) is 5.91 Å². The molecule has 4 N–H and O–H groups in total. The normalized spacial score (nSPS) is 9.94. The highest BCUT2D eigenvalue weighted by Gasteiger charge is 2.13. The third kappa shape index (κ3) is 4.18. The van der Waals surface area contributed by atoms with Gasteiger partial charge in [0.2, 0.25) is 5.91 Å². The molecule has 0 aliphatic carbocycles. The Hall–Kier alpha value is -1.30. The Balaban J connectivity index is 2.49. The van der Waals surface area contributed by atoms with Gasteiger partial charge in [-0.25, -0.2) is 0 Å². The predicted molar refractivity (Wildman–Crippen MR) is 70.9 cm³/mol. The summed E-state index contributed by atoms with van der Waals surface area (Å²) in [6.07, 6.45) is 0. The highest BCUT2D eigenvalue weighted by Crippen LogP contribution is 2.23. The second-order valence-electron chi connectivity index (χ2n) is 3.41. The first-order chi connectivity index (χ1) is 8.56. The van der Waals surface area contributed by atoms with Gasteiger partial charge in [-0.3, -0.25) is 9.59 Å². The molecular formula is C11H13Cl2N3O2. The molecule has 2 amide bonds. The first-order valence-electron chi connectivity index (χ1n) is 5.25. The molecule has 0 atom stereocenters. The summed E-state index contributed by atoms with van der Waals surface area (Å²) < 4.78 is 0. The highest BCUT2D eigenvalue weighted by atomic mass is 35.5. The molecule has 0 spiro atoms. The SMILES string of the molecule is NCC(=O)NCCNC(=O)c1c(Cl)cccc1Cl. The van der Waals surface area contributed by atoms with Crippen LogP contribution < -0.4 is 16.4 Å². The molecule has 0 saturated heterocycles. The Morgan fingerprint density at radius 2 is 1.67 bits per heavy atom. The number of hydrogen-bond acceptors (Lipinski definition) is 3. The summed E-state index contributed by atoms with van der Waals surface area (Å²) in [6, 6.07) is 4.82. The first kappa shape index (κ1) is 14.8. The van der Waals surface area contributed by atoms with Crippen LogP contribution in [0.15, 0.2) is 18.2 Å². The van der Waals surface area contributed by atoms with Gasteiger partial charge in [0.1, 0.15) is 0 Å². The van der Waals surface area contributed by atoms with Crippen molar-refractivity contribution in [2.24, 2.45) is 5.73 Å². The van der Waals surface area contributed by atoms with Crippen LogP contribution in [0.2, 0.25) is 10.0 Å². The molecule has 0 fully saturated rings. The van der Waals surface area contributed by atoms with Crippen LogP contribution in [0.1, 0.15) is 10.4 Å². The van der Waals surface area contributed by atoms with Crippen LogP contribution in [0.5, 0.6) is 0 Å². The van der Waals surface area contributed by atoms with E-state index in [2.05, 4.69) is 10.6 Å². The molecule has 1 aromatic rings. The van der Waals surface area contributed by atoms with Crippen LogP contribution in [-0.4, -0.2) is 31.4 Å². The van der Waals surface area contributed by atoms with Crippen molar-refractivity contribution >= 4 is 35.0 Å². The lowest BCUT2D eigenvalue weighted by Crippen LogP contribution is -2.37. The number of carbonyl (C=O) groups is 2. The zero-order valence-electron chi connectivity index (χ0n) is 9.50. The number of hydrogen-bond donors (Lipinski definition) is 3. The van der Waals surface area contributed by atoms with E-state index in [0.717, 1.165) is 0 Å². The van der Waals surface area contributed by atoms with Gasteiger partial charge < -0.3 is 16.4 Å². The monoisotopic (exact) mass is 289 g/mol. The van der Waals surface area contributed by atoms with Gasteiger partial charge in [-0.15, -0.1) is 0 Å². The molecule has 1 rings (SSSR count). The van der Waals surface area contributed by atoms with Crippen LogP contribution >= 0.6 is 23.2 Å². The standard InChI is InChI=1S/C11H13Cl2N3O2/c12-7-2-1-3-8(13)10(7)11(18)16-5-4-15-9(17)6-14/h1-3H,4-6,14H2,(H,15,17)(H,16,18). The molecule has 98 valence electrons. The molecule has 0 heterocycles. The third-order valence-corrected chi connectivity index (χ3v) is 2.74. The van der Waals surface area contributed by atoms with Crippen molar-refractivity contribution in [2.75, 3.05) is 19.6 Å². The lowest BCUT2D eigenvalue weighted by Gasteiger charge is -2.08. The second kappa shape index (κ2) is 7.20. The van der Waals surface area contributed by atoms with Crippen molar-refractivity contribution in [2.45, 2.75) is 0 Å². The van der Waals surface area contributed by atoms with Crippen molar-refractivity contribution in [3.05, 3.63) is 33.8 Å². The van der Waals surface area contributed by atoms with E-state index in [1.165, 1.54) is 0 Å². The molecule has 0 aromatic heterocycles. The molecule has 1 aromatic carbocycles. The average molecular weight is 290 g/mol. The summed E-state index contributed by atoms with van der Waals surface area (Å²) in [4.78, 5) is 22.6. The van der Waals surface area contributed by atoms with E-state index in [1.54, 1.807) is 18.2 Å². The molecule has 5 nitrogen and oxygen atoms in total. The maximum Gasteiger partial charge on any atom is 0.254 e. The maximum atomic E-state index is 11.8. The number of benzene rings is 1. The number of halogens is 2. The quantitative estimate of drug-likeness (QED) is 0.701. The highest BCUT2D eigenvalue weighted by molar-refractivity contribution is 6.39. The Morgan fingerprint density at radius 3 is 2.22 bits per heavy atom. The van der Waals surface area contributed by atoms with Crippen LogP contribution in [0.4, 0.5) is 0 Å². The fourth-order valence-corrected chi connectivity index (χ4v) is 1.82. The van der Waals surface area contributed by atoms with Gasteiger partial charge in [0.05, 0.1) is 22.2 Å². The van der Waals surface area contributed by atoms with E-state index >= 15 is 0 Å². The predicted octanol–water partition coefficient (Wildman–Crippen LogP) is 0.798. The van der Waals surface area contributed by atoms with Crippen LogP contribution in [0, 0.1) is 0 Å². The summed E-state index contributed by atoms with van der Waals surface area (Å²) in [6.45, 7) is 0.486. The molecular weight excluding hydrogens is 277 g/mol. The minimum absolute atomic E-state index is 0.0791. The Labute approximate surface area is 115 Å². The molecule has 0 aliphatic heterocycles. The van der Waals surface area contributed by atoms with E-state index in [-0.39, 0.29) is 40.5 Å². The summed E-state index contributed by atoms with van der Waals surface area (Å²) in [5.74, 6) is -0.660. The number of rotatable bonds is 5. The number of nitrogens with two attached hydrogens (primary N) is 1. The molecule has 0 radical (unpaired) electrons. The maximum absolute atomic E-state index is 11.8. The molecule has 0 unspecified atom stereocenters. The molecule has 0 saturated carbocycles. The summed E-state index contributed by atoms with van der Waals surface area (Å²) in [5.41, 5.74) is 5.34. The Kier molecular flexibility index (Phi) is 5.91. The van der Waals surface area contributed by atoms with Gasteiger partial charge in [0.15, 0.2) is 0 Å². The number of nitrogens with one attached hydrogen (secondary N) is 2. The molecule has 0 aliphatic rings. The fourth-order valence-electron chi connectivity index (χ4n) is 1.25. The minimum atomic E-state index is -0.382. The van der Waals surface area contributed by atoms with Crippen molar-refractivity contribution in [1.29, 1.82) is 0 Å². The van der Waals surface area contributed by atoms with E-state index in [9.17, 15) is 9.59 Å². The Bertz CT molecular complexity index is 432. The van der Waals surface area contributed by atoms with Gasteiger partial charge in [0, 0.05) is 13.1 Å². The van der Waals surface area contributed by atoms with Gasteiger partial charge >= 0.3 is 0 Å². The van der Waals surface area contributed by atoms with E-state index in [4.69, 9.17) is 28.9 Å². The molecule has 0 bridgehead atoms. The fraction of sp³-hybridized carbons (Fsp3) is 0.273. The lowest BCUT2D eigenvalue weighted by atomic mass is 10.2. The second-order valence-corrected chi connectivity index (χ2v) is 4.22. The Morgan fingerprint density at radius 1 is 1.11 bits per heavy atom. The van der Waals surface area contributed by atoms with Crippen molar-refractivity contribution in [3.8, 4) is 0 Å². The minimum Gasteiger partial charge on any atom is -0.353 e. The summed E-state index contributed by atoms with van der Waals surface area (Å²) in [7, 11) is 0. The summed E-state index contributed by atoms with van der Waals surface area (Å²) >= 11 is 11.8. The van der Waals surface area contributed by atoms with Crippen molar-refractivity contribution < 1.29 is 9.59 Å². The third-order valence-electron chi connectivity index (χ3n) is 2.11. The van der Waals surface area contributed by atoms with Crippen molar-refractivity contribution in [3.63, 3.8) is 0 Å². The average Bonchev–Trinajstić information content (AvgIpc) is 2.34. The lowest BCUT2D eigenvalue weighted by molar-refractivity contribution is -0.119. The molecule has 7 heteroatoms. The summed E-state index contributed by atoms with van der Waals surface area (Å²) in [5, 5.41) is 5.69. The largest absolute Gasteiger partial charge is 0.353 e. The van der Waals surface area contributed by atoms with Gasteiger partial charge in [-0.1, -0.05) is 29.3 Å². The zero-order chi connectivity index (χ0) is 13.5. The van der Waals surface area contributed by atoms with E-state index in [0.29, 0.717) is 6.54 Å². The first-order valence-corrected chi connectivity index (χ1v) is 6.01. The zero-order valence-corrected chi connectivity index (χ0v) is 11.0. The smallest absolute Gasteiger partial charge is 0.254 e. The molecule has 18 heavy (non-hydrogen) atoms. The number of carbonyl (C=O) groups excluding carboxylic acids is 2. The van der Waals surface area contributed by atoms with Gasteiger partial charge in [-0.05, 0) is 12.1 Å².